The lowest BCUT2D eigenvalue weighted by Gasteiger charge is -2.37. The van der Waals surface area contributed by atoms with E-state index in [2.05, 4.69) is 16.5 Å². The molecule has 1 saturated carbocycles. The van der Waals surface area contributed by atoms with Crippen LogP contribution in [-0.4, -0.2) is 63.1 Å². The van der Waals surface area contributed by atoms with Gasteiger partial charge in [-0.15, -0.1) is 0 Å². The number of sulfonamides is 1. The highest BCUT2D eigenvalue weighted by atomic mass is 32.2. The molecule has 1 aliphatic carbocycles. The minimum Gasteiger partial charge on any atom is -0.483 e. The van der Waals surface area contributed by atoms with Gasteiger partial charge < -0.3 is 14.4 Å². The summed E-state index contributed by atoms with van der Waals surface area (Å²) in [6, 6.07) is 5.71. The lowest BCUT2D eigenvalue weighted by molar-refractivity contribution is -0.136. The molecule has 1 saturated heterocycles. The molecule has 30 heavy (non-hydrogen) atoms. The topological polar surface area (TPSA) is 85.3 Å². The molecule has 8 heteroatoms. The van der Waals surface area contributed by atoms with Gasteiger partial charge in [0, 0.05) is 6.54 Å². The third-order valence-corrected chi connectivity index (χ3v) is 6.95. The van der Waals surface area contributed by atoms with Crippen LogP contribution >= 0.6 is 0 Å². The van der Waals surface area contributed by atoms with Gasteiger partial charge in [0.05, 0.1) is 30.7 Å². The van der Waals surface area contributed by atoms with E-state index in [9.17, 15) is 13.2 Å². The van der Waals surface area contributed by atoms with Crippen LogP contribution in [0.15, 0.2) is 22.6 Å². The van der Waals surface area contributed by atoms with E-state index in [0.717, 1.165) is 43.3 Å². The second-order valence-electron chi connectivity index (χ2n) is 8.61. The zero-order valence-electron chi connectivity index (χ0n) is 17.7. The van der Waals surface area contributed by atoms with Crippen molar-refractivity contribution >= 4 is 21.6 Å². The minimum atomic E-state index is -3.54. The zero-order valence-corrected chi connectivity index (χ0v) is 18.5. The first kappa shape index (κ1) is 21.3. The zero-order chi connectivity index (χ0) is 21.3. The fraction of sp³-hybridized carbons (Fsp3) is 0.636. The number of para-hydroxylation sites is 1. The van der Waals surface area contributed by atoms with Crippen molar-refractivity contribution in [2.75, 3.05) is 26.0 Å². The number of hydrogen-bond acceptors (Lipinski definition) is 5. The molecule has 0 aromatic heterocycles. The molecule has 0 N–H and O–H groups in total. The summed E-state index contributed by atoms with van der Waals surface area (Å²) in [5, 5.41) is 0. The van der Waals surface area contributed by atoms with Crippen molar-refractivity contribution in [2.45, 2.75) is 63.5 Å². The van der Waals surface area contributed by atoms with Crippen LogP contribution < -0.4 is 4.74 Å². The normalized spacial score (nSPS) is 29.3. The third-order valence-electron chi connectivity index (χ3n) is 6.38. The molecular weight excluding hydrogens is 404 g/mol. The predicted molar refractivity (Wildman–Crippen MR) is 115 cm³/mol. The van der Waals surface area contributed by atoms with Gasteiger partial charge in [-0.1, -0.05) is 18.2 Å². The number of carbonyl (C=O) groups is 1. The molecule has 1 atom stereocenters. The Morgan fingerprint density at radius 1 is 1.17 bits per heavy atom. The third kappa shape index (κ3) is 4.70. The number of aryl methyl sites for hydroxylation is 1. The van der Waals surface area contributed by atoms with Crippen molar-refractivity contribution in [1.82, 2.24) is 4.90 Å². The second kappa shape index (κ2) is 8.67. The molecule has 7 nitrogen and oxygen atoms in total. The van der Waals surface area contributed by atoms with Crippen LogP contribution in [0.4, 0.5) is 0 Å². The Labute approximate surface area is 178 Å². The van der Waals surface area contributed by atoms with E-state index in [1.807, 2.05) is 13.0 Å². The number of carbonyl (C=O) groups excluding carboxylic acids is 1. The number of benzene rings is 1. The van der Waals surface area contributed by atoms with E-state index >= 15 is 0 Å². The van der Waals surface area contributed by atoms with Gasteiger partial charge in [-0.3, -0.25) is 4.79 Å². The average molecular weight is 435 g/mol. The summed E-state index contributed by atoms with van der Waals surface area (Å²) in [5.74, 6) is 1.05. The SMILES string of the molecule is Cc1cccc2c1OCC(=O)N1CCC/C(=N\S(C)(=O)=O)C1COC1CCC2CC1. The van der Waals surface area contributed by atoms with Crippen LogP contribution in [0, 0.1) is 6.92 Å². The summed E-state index contributed by atoms with van der Waals surface area (Å²) < 4.78 is 39.9. The maximum Gasteiger partial charge on any atom is 0.261 e. The minimum absolute atomic E-state index is 0.0728. The van der Waals surface area contributed by atoms with Gasteiger partial charge in [0.15, 0.2) is 6.61 Å². The number of nitrogens with zero attached hydrogens (tertiary/aromatic N) is 2. The van der Waals surface area contributed by atoms with Crippen molar-refractivity contribution in [3.8, 4) is 5.75 Å². The molecule has 1 aromatic rings. The Kier molecular flexibility index (Phi) is 6.16. The number of ether oxygens (including phenoxy) is 2. The molecule has 1 unspecified atom stereocenters. The Morgan fingerprint density at radius 3 is 2.67 bits per heavy atom. The van der Waals surface area contributed by atoms with Crippen molar-refractivity contribution in [3.05, 3.63) is 29.3 Å². The van der Waals surface area contributed by atoms with Crippen LogP contribution in [0.25, 0.3) is 0 Å². The summed E-state index contributed by atoms with van der Waals surface area (Å²) >= 11 is 0. The van der Waals surface area contributed by atoms with E-state index < -0.39 is 16.1 Å². The highest BCUT2D eigenvalue weighted by Crippen LogP contribution is 2.40. The van der Waals surface area contributed by atoms with Gasteiger partial charge in [0.25, 0.3) is 5.91 Å². The van der Waals surface area contributed by atoms with Gasteiger partial charge in [0.2, 0.25) is 10.0 Å². The van der Waals surface area contributed by atoms with E-state index in [1.165, 1.54) is 5.56 Å². The smallest absolute Gasteiger partial charge is 0.261 e. The van der Waals surface area contributed by atoms with Gasteiger partial charge in [-0.05, 0) is 62.5 Å². The first-order valence-corrected chi connectivity index (χ1v) is 12.6. The monoisotopic (exact) mass is 434 g/mol. The highest BCUT2D eigenvalue weighted by Gasteiger charge is 2.35. The molecule has 1 aromatic carbocycles. The number of rotatable bonds is 1. The van der Waals surface area contributed by atoms with Crippen molar-refractivity contribution in [2.24, 2.45) is 4.40 Å². The largest absolute Gasteiger partial charge is 0.483 e. The molecule has 2 bridgehead atoms. The summed E-state index contributed by atoms with van der Waals surface area (Å²) in [6.45, 7) is 2.77. The summed E-state index contributed by atoms with van der Waals surface area (Å²) in [4.78, 5) is 14.8. The van der Waals surface area contributed by atoms with E-state index in [1.54, 1.807) is 4.90 Å². The number of fused-ring (bicyclic) bond motifs is 5. The quantitative estimate of drug-likeness (QED) is 0.679. The van der Waals surface area contributed by atoms with Crippen molar-refractivity contribution in [3.63, 3.8) is 0 Å². The second-order valence-corrected chi connectivity index (χ2v) is 10.3. The molecule has 1 amide bonds. The molecule has 5 rings (SSSR count). The lowest BCUT2D eigenvalue weighted by atomic mass is 9.82. The molecule has 3 aliphatic heterocycles. The molecule has 0 radical (unpaired) electrons. The Hall–Kier alpha value is -1.93. The van der Waals surface area contributed by atoms with Gasteiger partial charge in [-0.2, -0.15) is 4.40 Å². The molecule has 164 valence electrons. The number of piperidine rings is 1. The molecule has 0 spiro atoms. The maximum absolute atomic E-state index is 13.1. The van der Waals surface area contributed by atoms with Crippen LogP contribution in [0.5, 0.6) is 5.75 Å². The van der Waals surface area contributed by atoms with Gasteiger partial charge >= 0.3 is 0 Å². The fourth-order valence-electron chi connectivity index (χ4n) is 4.92. The molecule has 3 heterocycles. The summed E-state index contributed by atoms with van der Waals surface area (Å²) in [7, 11) is -3.54. The first-order chi connectivity index (χ1) is 14.3. The predicted octanol–water partition coefficient (Wildman–Crippen LogP) is 2.82. The number of amides is 1. The molecule has 2 fully saturated rings. The van der Waals surface area contributed by atoms with Crippen molar-refractivity contribution < 1.29 is 22.7 Å². The molecular formula is C22H30N2O5S. The summed E-state index contributed by atoms with van der Waals surface area (Å²) in [5.41, 5.74) is 2.72. The maximum atomic E-state index is 13.1. The van der Waals surface area contributed by atoms with E-state index in [4.69, 9.17) is 9.47 Å². The lowest BCUT2D eigenvalue weighted by Crippen LogP contribution is -2.53. The fourth-order valence-corrected chi connectivity index (χ4v) is 5.55. The van der Waals surface area contributed by atoms with Gasteiger partial charge in [0.1, 0.15) is 5.75 Å². The van der Waals surface area contributed by atoms with E-state index in [0.29, 0.717) is 31.0 Å². The summed E-state index contributed by atoms with van der Waals surface area (Å²) in [6.07, 6.45) is 6.35. The van der Waals surface area contributed by atoms with Crippen molar-refractivity contribution in [1.29, 1.82) is 0 Å². The van der Waals surface area contributed by atoms with Crippen LogP contribution in [0.3, 0.4) is 0 Å². The van der Waals surface area contributed by atoms with Crippen LogP contribution in [0.1, 0.15) is 55.6 Å². The standard InChI is InChI=1S/C22H30N2O5S/c1-15-5-3-6-18-16-8-10-17(11-9-16)28-13-20-19(23-30(2,26)27)7-4-12-24(20)21(25)14-29-22(15)18/h3,5-6,16-17,20H,4,7-14H2,1-2H3/b23-19+. The van der Waals surface area contributed by atoms with E-state index in [-0.39, 0.29) is 25.2 Å². The van der Waals surface area contributed by atoms with Crippen LogP contribution in [-0.2, 0) is 19.6 Å². The molecule has 4 aliphatic rings. The Morgan fingerprint density at radius 2 is 1.93 bits per heavy atom. The van der Waals surface area contributed by atoms with Gasteiger partial charge in [-0.25, -0.2) is 8.42 Å². The van der Waals surface area contributed by atoms with Crippen LogP contribution in [0.2, 0.25) is 0 Å². The highest BCUT2D eigenvalue weighted by molar-refractivity contribution is 7.89. The average Bonchev–Trinajstić information content (AvgIpc) is 2.71. The first-order valence-electron chi connectivity index (χ1n) is 10.7. The Bertz CT molecular complexity index is 935. The number of hydrogen-bond donors (Lipinski definition) is 0. The Balaban J connectivity index is 1.68.